The Morgan fingerprint density at radius 2 is 2.22 bits per heavy atom. The van der Waals surface area contributed by atoms with Gasteiger partial charge in [-0.25, -0.2) is 4.98 Å². The molecule has 2 N–H and O–H groups in total. The van der Waals surface area contributed by atoms with Crippen LogP contribution in [-0.4, -0.2) is 22.0 Å². The zero-order valence-corrected chi connectivity index (χ0v) is 10.1. The second-order valence-corrected chi connectivity index (χ2v) is 3.87. The SMILES string of the molecule is CC(Oc1ccccc1)C(=O)NCc1cnc[nH]1. The number of carbonyl (C=O) groups excluding carboxylic acids is 1. The van der Waals surface area contributed by atoms with Gasteiger partial charge in [-0.3, -0.25) is 4.79 Å². The first-order valence-corrected chi connectivity index (χ1v) is 5.72. The van der Waals surface area contributed by atoms with E-state index in [4.69, 9.17) is 4.74 Å². The van der Waals surface area contributed by atoms with Gasteiger partial charge >= 0.3 is 0 Å². The number of nitrogens with one attached hydrogen (secondary N) is 2. The summed E-state index contributed by atoms with van der Waals surface area (Å²) in [5.41, 5.74) is 0.857. The van der Waals surface area contributed by atoms with Gasteiger partial charge in [0.1, 0.15) is 5.75 Å². The smallest absolute Gasteiger partial charge is 0.261 e. The van der Waals surface area contributed by atoms with Gasteiger partial charge in [-0.2, -0.15) is 0 Å². The molecule has 0 bridgehead atoms. The van der Waals surface area contributed by atoms with Gasteiger partial charge < -0.3 is 15.0 Å². The standard InChI is InChI=1S/C13H15N3O2/c1-10(18-12-5-3-2-4-6-12)13(17)15-8-11-7-14-9-16-11/h2-7,9-10H,8H2,1H3,(H,14,16)(H,15,17). The number of ether oxygens (including phenoxy) is 1. The van der Waals surface area contributed by atoms with Crippen molar-refractivity contribution < 1.29 is 9.53 Å². The fourth-order valence-corrected chi connectivity index (χ4v) is 1.46. The summed E-state index contributed by atoms with van der Waals surface area (Å²) in [6.45, 7) is 2.14. The van der Waals surface area contributed by atoms with Gasteiger partial charge in [0.2, 0.25) is 0 Å². The molecule has 2 rings (SSSR count). The van der Waals surface area contributed by atoms with E-state index in [9.17, 15) is 4.79 Å². The lowest BCUT2D eigenvalue weighted by Gasteiger charge is -2.14. The Labute approximate surface area is 105 Å². The number of para-hydroxylation sites is 1. The molecule has 0 aliphatic carbocycles. The van der Waals surface area contributed by atoms with Crippen molar-refractivity contribution in [1.82, 2.24) is 15.3 Å². The van der Waals surface area contributed by atoms with Crippen molar-refractivity contribution >= 4 is 5.91 Å². The molecule has 1 unspecified atom stereocenters. The molecule has 0 aliphatic heterocycles. The molecular weight excluding hydrogens is 230 g/mol. The third-order valence-corrected chi connectivity index (χ3v) is 2.43. The number of rotatable bonds is 5. The van der Waals surface area contributed by atoms with Crippen LogP contribution in [0.5, 0.6) is 5.75 Å². The highest BCUT2D eigenvalue weighted by Crippen LogP contribution is 2.10. The average Bonchev–Trinajstić information content (AvgIpc) is 2.90. The fourth-order valence-electron chi connectivity index (χ4n) is 1.46. The summed E-state index contributed by atoms with van der Waals surface area (Å²) < 4.78 is 5.51. The molecule has 0 radical (unpaired) electrons. The van der Waals surface area contributed by atoms with E-state index in [1.807, 2.05) is 30.3 Å². The normalized spacial score (nSPS) is 11.8. The number of hydrogen-bond donors (Lipinski definition) is 2. The summed E-state index contributed by atoms with van der Waals surface area (Å²) >= 11 is 0. The van der Waals surface area contributed by atoms with Crippen molar-refractivity contribution in [3.63, 3.8) is 0 Å². The summed E-state index contributed by atoms with van der Waals surface area (Å²) in [6, 6.07) is 9.27. The van der Waals surface area contributed by atoms with E-state index >= 15 is 0 Å². The minimum atomic E-state index is -0.532. The lowest BCUT2D eigenvalue weighted by atomic mass is 10.3. The second kappa shape index (κ2) is 5.86. The van der Waals surface area contributed by atoms with Crippen LogP contribution in [0.25, 0.3) is 0 Å². The fraction of sp³-hybridized carbons (Fsp3) is 0.231. The number of nitrogens with zero attached hydrogens (tertiary/aromatic N) is 1. The van der Waals surface area contributed by atoms with E-state index in [-0.39, 0.29) is 5.91 Å². The maximum Gasteiger partial charge on any atom is 0.261 e. The number of amides is 1. The minimum Gasteiger partial charge on any atom is -0.481 e. The largest absolute Gasteiger partial charge is 0.481 e. The van der Waals surface area contributed by atoms with Crippen molar-refractivity contribution in [2.24, 2.45) is 0 Å². The first-order chi connectivity index (χ1) is 8.75. The van der Waals surface area contributed by atoms with Crippen molar-refractivity contribution in [3.05, 3.63) is 48.5 Å². The van der Waals surface area contributed by atoms with Crippen LogP contribution in [0, 0.1) is 0 Å². The van der Waals surface area contributed by atoms with E-state index < -0.39 is 6.10 Å². The number of hydrogen-bond acceptors (Lipinski definition) is 3. The van der Waals surface area contributed by atoms with Gasteiger partial charge in [0, 0.05) is 6.20 Å². The predicted molar refractivity (Wildman–Crippen MR) is 67.0 cm³/mol. The molecule has 5 nitrogen and oxygen atoms in total. The molecule has 5 heteroatoms. The first-order valence-electron chi connectivity index (χ1n) is 5.72. The number of imidazole rings is 1. The van der Waals surface area contributed by atoms with Gasteiger partial charge in [-0.15, -0.1) is 0 Å². The Bertz CT molecular complexity index is 482. The van der Waals surface area contributed by atoms with Crippen LogP contribution in [0.4, 0.5) is 0 Å². The molecule has 2 aromatic rings. The second-order valence-electron chi connectivity index (χ2n) is 3.87. The van der Waals surface area contributed by atoms with E-state index in [1.54, 1.807) is 19.4 Å². The van der Waals surface area contributed by atoms with E-state index in [1.165, 1.54) is 0 Å². The number of aromatic amines is 1. The molecule has 94 valence electrons. The topological polar surface area (TPSA) is 67.0 Å². The van der Waals surface area contributed by atoms with E-state index in [0.717, 1.165) is 5.69 Å². The molecule has 1 heterocycles. The van der Waals surface area contributed by atoms with Crippen LogP contribution in [-0.2, 0) is 11.3 Å². The average molecular weight is 245 g/mol. The Balaban J connectivity index is 1.82. The quantitative estimate of drug-likeness (QED) is 0.838. The lowest BCUT2D eigenvalue weighted by Crippen LogP contribution is -2.35. The number of aromatic nitrogens is 2. The zero-order chi connectivity index (χ0) is 12.8. The highest BCUT2D eigenvalue weighted by atomic mass is 16.5. The van der Waals surface area contributed by atoms with Gasteiger partial charge in [0.25, 0.3) is 5.91 Å². The Morgan fingerprint density at radius 3 is 2.89 bits per heavy atom. The van der Waals surface area contributed by atoms with E-state index in [2.05, 4.69) is 15.3 Å². The molecule has 0 saturated heterocycles. The third kappa shape index (κ3) is 3.35. The number of H-pyrrole nitrogens is 1. The van der Waals surface area contributed by atoms with Crippen LogP contribution in [0.15, 0.2) is 42.9 Å². The third-order valence-electron chi connectivity index (χ3n) is 2.43. The molecule has 1 amide bonds. The molecule has 0 spiro atoms. The van der Waals surface area contributed by atoms with Crippen LogP contribution in [0.1, 0.15) is 12.6 Å². The lowest BCUT2D eigenvalue weighted by molar-refractivity contribution is -0.127. The minimum absolute atomic E-state index is 0.159. The van der Waals surface area contributed by atoms with Crippen molar-refractivity contribution in [1.29, 1.82) is 0 Å². The molecule has 0 fully saturated rings. The highest BCUT2D eigenvalue weighted by molar-refractivity contribution is 5.80. The van der Waals surface area contributed by atoms with Gasteiger partial charge in [-0.1, -0.05) is 18.2 Å². The Morgan fingerprint density at radius 1 is 1.44 bits per heavy atom. The number of carbonyl (C=O) groups is 1. The van der Waals surface area contributed by atoms with Crippen LogP contribution < -0.4 is 10.1 Å². The number of benzene rings is 1. The monoisotopic (exact) mass is 245 g/mol. The summed E-state index contributed by atoms with van der Waals surface area (Å²) in [6.07, 6.45) is 2.71. The summed E-state index contributed by atoms with van der Waals surface area (Å²) in [5, 5.41) is 2.77. The van der Waals surface area contributed by atoms with Gasteiger partial charge in [0.15, 0.2) is 6.10 Å². The molecule has 1 aromatic heterocycles. The Kier molecular flexibility index (Phi) is 3.96. The molecular formula is C13H15N3O2. The molecule has 0 saturated carbocycles. The highest BCUT2D eigenvalue weighted by Gasteiger charge is 2.14. The molecule has 1 aromatic carbocycles. The maximum atomic E-state index is 11.8. The molecule has 1 atom stereocenters. The zero-order valence-electron chi connectivity index (χ0n) is 10.1. The van der Waals surface area contributed by atoms with Crippen molar-refractivity contribution in [2.75, 3.05) is 0 Å². The summed E-state index contributed by atoms with van der Waals surface area (Å²) in [5.74, 6) is 0.523. The summed E-state index contributed by atoms with van der Waals surface area (Å²) in [7, 11) is 0. The van der Waals surface area contributed by atoms with Crippen LogP contribution in [0.3, 0.4) is 0 Å². The maximum absolute atomic E-state index is 11.8. The first kappa shape index (κ1) is 12.2. The van der Waals surface area contributed by atoms with E-state index in [0.29, 0.717) is 12.3 Å². The molecule has 0 aliphatic rings. The molecule has 18 heavy (non-hydrogen) atoms. The Hall–Kier alpha value is -2.30. The van der Waals surface area contributed by atoms with Gasteiger partial charge in [-0.05, 0) is 19.1 Å². The van der Waals surface area contributed by atoms with Crippen molar-refractivity contribution in [3.8, 4) is 5.75 Å². The van der Waals surface area contributed by atoms with Gasteiger partial charge in [0.05, 0.1) is 18.6 Å². The predicted octanol–water partition coefficient (Wildman–Crippen LogP) is 1.49. The van der Waals surface area contributed by atoms with Crippen LogP contribution >= 0.6 is 0 Å². The summed E-state index contributed by atoms with van der Waals surface area (Å²) in [4.78, 5) is 18.6. The van der Waals surface area contributed by atoms with Crippen molar-refractivity contribution in [2.45, 2.75) is 19.6 Å². The van der Waals surface area contributed by atoms with Crippen LogP contribution in [0.2, 0.25) is 0 Å².